The molecule has 2 aromatic rings. The van der Waals surface area contributed by atoms with Crippen LogP contribution in [0.1, 0.15) is 11.1 Å². The first-order valence-corrected chi connectivity index (χ1v) is 8.66. The van der Waals surface area contributed by atoms with Crippen LogP contribution in [-0.2, 0) is 9.68 Å². The van der Waals surface area contributed by atoms with Gasteiger partial charge in [-0.15, -0.1) is 0 Å². The van der Waals surface area contributed by atoms with Crippen LogP contribution in [0, 0.1) is 0 Å². The number of benzene rings is 2. The molecule has 0 amide bonds. The summed E-state index contributed by atoms with van der Waals surface area (Å²) in [6.07, 6.45) is 0. The Morgan fingerprint density at radius 2 is 2.00 bits per heavy atom. The molecule has 0 saturated carbocycles. The molecular formula is C19H21ClN4O2. The third-order valence-electron chi connectivity index (χ3n) is 3.70. The second-order valence-electron chi connectivity index (χ2n) is 6.05. The number of fused-ring (bicyclic) bond motifs is 1. The van der Waals surface area contributed by atoms with Crippen molar-refractivity contribution in [1.29, 1.82) is 0 Å². The molecule has 0 fully saturated rings. The number of aliphatic imine (C=N–C) groups is 1. The molecule has 0 atom stereocenters. The van der Waals surface area contributed by atoms with Gasteiger partial charge in [-0.25, -0.2) is 10.5 Å². The van der Waals surface area contributed by atoms with Gasteiger partial charge < -0.3 is 9.74 Å². The summed E-state index contributed by atoms with van der Waals surface area (Å²) in [6, 6.07) is 15.3. The molecule has 6 nitrogen and oxygen atoms in total. The summed E-state index contributed by atoms with van der Waals surface area (Å²) >= 11 is 6.20. The van der Waals surface area contributed by atoms with Crippen LogP contribution in [0.4, 0.5) is 5.69 Å². The maximum Gasteiger partial charge on any atom is 0.176 e. The van der Waals surface area contributed by atoms with Gasteiger partial charge >= 0.3 is 0 Å². The lowest BCUT2D eigenvalue weighted by Crippen LogP contribution is -2.31. The van der Waals surface area contributed by atoms with E-state index < -0.39 is 0 Å². The first kappa shape index (κ1) is 18.4. The van der Waals surface area contributed by atoms with Gasteiger partial charge in [0, 0.05) is 22.7 Å². The number of hydrogen-bond donors (Lipinski definition) is 1. The van der Waals surface area contributed by atoms with E-state index in [4.69, 9.17) is 21.3 Å². The zero-order chi connectivity index (χ0) is 18.4. The Kier molecular flexibility index (Phi) is 6.22. The molecule has 0 unspecified atom stereocenters. The highest BCUT2D eigenvalue weighted by Gasteiger charge is 2.17. The van der Waals surface area contributed by atoms with E-state index in [0.29, 0.717) is 23.2 Å². The third kappa shape index (κ3) is 4.82. The molecule has 1 aliphatic heterocycles. The van der Waals surface area contributed by atoms with Crippen molar-refractivity contribution in [2.24, 2.45) is 10.1 Å². The number of oxime groups is 1. The maximum absolute atomic E-state index is 6.20. The normalized spacial score (nSPS) is 15.8. The van der Waals surface area contributed by atoms with E-state index in [-0.39, 0.29) is 6.61 Å². The van der Waals surface area contributed by atoms with Crippen LogP contribution < -0.4 is 5.48 Å². The predicted octanol–water partition coefficient (Wildman–Crippen LogP) is 3.24. The van der Waals surface area contributed by atoms with Gasteiger partial charge in [-0.05, 0) is 32.3 Å². The van der Waals surface area contributed by atoms with Gasteiger partial charge in [0.1, 0.15) is 5.71 Å². The van der Waals surface area contributed by atoms with E-state index in [1.54, 1.807) is 6.07 Å². The summed E-state index contributed by atoms with van der Waals surface area (Å²) in [4.78, 5) is 17.6. The maximum atomic E-state index is 6.20. The predicted molar refractivity (Wildman–Crippen MR) is 104 cm³/mol. The standard InChI is InChI=1S/C19H21ClN4O2/c1-24(2)10-11-25-22-18-13-26-23-19(14-6-4-3-5-7-14)16-12-15(20)8-9-17(16)21-18/h3-9,12H,10-11,13H2,1-2H3,(H,21,22)/b23-19-. The van der Waals surface area contributed by atoms with E-state index in [2.05, 4.69) is 15.6 Å². The lowest BCUT2D eigenvalue weighted by Gasteiger charge is -2.16. The van der Waals surface area contributed by atoms with Crippen LogP contribution in [0.15, 0.2) is 58.7 Å². The topological polar surface area (TPSA) is 58.5 Å². The first-order chi connectivity index (χ1) is 12.6. The summed E-state index contributed by atoms with van der Waals surface area (Å²) in [5, 5.41) is 4.93. The van der Waals surface area contributed by atoms with Gasteiger partial charge in [0.2, 0.25) is 0 Å². The molecule has 0 aromatic heterocycles. The van der Waals surface area contributed by atoms with Crippen molar-refractivity contribution in [3.63, 3.8) is 0 Å². The van der Waals surface area contributed by atoms with Gasteiger partial charge in [0.05, 0.1) is 12.3 Å². The Morgan fingerprint density at radius 1 is 1.19 bits per heavy atom. The molecule has 1 heterocycles. The third-order valence-corrected chi connectivity index (χ3v) is 3.94. The summed E-state index contributed by atoms with van der Waals surface area (Å²) in [5.41, 5.74) is 6.03. The molecule has 3 rings (SSSR count). The molecule has 26 heavy (non-hydrogen) atoms. The molecule has 0 saturated heterocycles. The monoisotopic (exact) mass is 372 g/mol. The summed E-state index contributed by atoms with van der Waals surface area (Å²) < 4.78 is 0. The second-order valence-corrected chi connectivity index (χ2v) is 6.49. The second kappa shape index (κ2) is 8.80. The number of likely N-dealkylation sites (N-methyl/N-ethyl adjacent to an activating group) is 1. The van der Waals surface area contributed by atoms with Crippen molar-refractivity contribution >= 4 is 28.8 Å². The smallest absolute Gasteiger partial charge is 0.176 e. The number of nitrogens with one attached hydrogen (secondary N) is 1. The van der Waals surface area contributed by atoms with Crippen molar-refractivity contribution in [3.8, 4) is 0 Å². The number of nitrogens with zero attached hydrogens (tertiary/aromatic N) is 3. The molecule has 0 radical (unpaired) electrons. The van der Waals surface area contributed by atoms with Crippen LogP contribution in [0.5, 0.6) is 0 Å². The number of hydroxylamine groups is 1. The largest absolute Gasteiger partial charge is 0.387 e. The highest BCUT2D eigenvalue weighted by Crippen LogP contribution is 2.27. The molecule has 136 valence electrons. The zero-order valence-electron chi connectivity index (χ0n) is 14.8. The number of amidine groups is 1. The molecular weight excluding hydrogens is 352 g/mol. The summed E-state index contributed by atoms with van der Waals surface area (Å²) in [6.45, 7) is 1.50. The van der Waals surface area contributed by atoms with Crippen molar-refractivity contribution in [1.82, 2.24) is 10.4 Å². The minimum Gasteiger partial charge on any atom is -0.387 e. The minimum absolute atomic E-state index is 0.181. The minimum atomic E-state index is 0.181. The number of halogens is 1. The fraction of sp³-hybridized carbons (Fsp3) is 0.263. The molecule has 0 spiro atoms. The van der Waals surface area contributed by atoms with E-state index in [1.807, 2.05) is 61.5 Å². The summed E-state index contributed by atoms with van der Waals surface area (Å²) in [5.74, 6) is 0.545. The average Bonchev–Trinajstić information content (AvgIpc) is 2.62. The van der Waals surface area contributed by atoms with Gasteiger partial charge in [-0.3, -0.25) is 4.84 Å². The van der Waals surface area contributed by atoms with Crippen LogP contribution in [-0.4, -0.2) is 50.3 Å². The Morgan fingerprint density at radius 3 is 2.77 bits per heavy atom. The molecule has 7 heteroatoms. The Labute approximate surface area is 158 Å². The zero-order valence-corrected chi connectivity index (χ0v) is 15.5. The van der Waals surface area contributed by atoms with Gasteiger partial charge in [-0.1, -0.05) is 47.1 Å². The molecule has 1 aliphatic rings. The Hall–Kier alpha value is -2.41. The lowest BCUT2D eigenvalue weighted by atomic mass is 10.0. The Balaban J connectivity index is 1.87. The molecule has 2 aromatic carbocycles. The molecule has 0 aliphatic carbocycles. The van der Waals surface area contributed by atoms with Crippen molar-refractivity contribution < 1.29 is 9.68 Å². The first-order valence-electron chi connectivity index (χ1n) is 8.29. The Bertz CT molecular complexity index is 806. The van der Waals surface area contributed by atoms with Crippen molar-refractivity contribution in [2.45, 2.75) is 0 Å². The highest BCUT2D eigenvalue weighted by atomic mass is 35.5. The van der Waals surface area contributed by atoms with E-state index >= 15 is 0 Å². The average molecular weight is 373 g/mol. The van der Waals surface area contributed by atoms with Crippen molar-refractivity contribution in [3.05, 3.63) is 64.7 Å². The van der Waals surface area contributed by atoms with Gasteiger partial charge in [0.25, 0.3) is 0 Å². The SMILES string of the molecule is CN(C)CCONC1=Nc2ccc(Cl)cc2/C(c2ccccc2)=N\OC1. The molecule has 0 bridgehead atoms. The van der Waals surface area contributed by atoms with Crippen LogP contribution in [0.2, 0.25) is 5.02 Å². The van der Waals surface area contributed by atoms with Gasteiger partial charge in [0.15, 0.2) is 12.4 Å². The highest BCUT2D eigenvalue weighted by molar-refractivity contribution is 6.31. The van der Waals surface area contributed by atoms with Crippen LogP contribution in [0.3, 0.4) is 0 Å². The van der Waals surface area contributed by atoms with Crippen LogP contribution >= 0.6 is 11.6 Å². The quantitative estimate of drug-likeness (QED) is 0.646. The van der Waals surface area contributed by atoms with E-state index in [0.717, 1.165) is 23.4 Å². The van der Waals surface area contributed by atoms with Crippen LogP contribution in [0.25, 0.3) is 0 Å². The summed E-state index contributed by atoms with van der Waals surface area (Å²) in [7, 11) is 3.97. The fourth-order valence-electron chi connectivity index (χ4n) is 2.40. The van der Waals surface area contributed by atoms with E-state index in [9.17, 15) is 0 Å². The number of rotatable bonds is 5. The molecule has 1 N–H and O–H groups in total. The fourth-order valence-corrected chi connectivity index (χ4v) is 2.57. The lowest BCUT2D eigenvalue weighted by molar-refractivity contribution is 0.0655. The van der Waals surface area contributed by atoms with Gasteiger partial charge in [-0.2, -0.15) is 0 Å². The number of hydrogen-bond acceptors (Lipinski definition) is 6. The van der Waals surface area contributed by atoms with E-state index in [1.165, 1.54) is 0 Å². The van der Waals surface area contributed by atoms with Crippen molar-refractivity contribution in [2.75, 3.05) is 33.9 Å².